The molecular weight excluding hydrogens is 244 g/mol. The Hall–Kier alpha value is -1.10. The first kappa shape index (κ1) is 15.0. The zero-order chi connectivity index (χ0) is 14.2. The second-order valence-electron chi connectivity index (χ2n) is 5.92. The lowest BCUT2D eigenvalue weighted by molar-refractivity contribution is 0.327. The Morgan fingerprint density at radius 1 is 1.44 bits per heavy atom. The minimum absolute atomic E-state index is 0.167. The molecule has 0 aliphatic carbocycles. The maximum absolute atomic E-state index is 5.83. The van der Waals surface area contributed by atoms with Gasteiger partial charge in [0, 0.05) is 20.1 Å². The molecule has 0 aliphatic heterocycles. The monoisotopic (exact) mass is 268 g/mol. The molecule has 0 saturated carbocycles. The zero-order valence-corrected chi connectivity index (χ0v) is 13.2. The molecule has 5 heteroatoms. The van der Waals surface area contributed by atoms with E-state index in [1.54, 1.807) is 0 Å². The molecule has 1 aromatic heterocycles. The molecule has 0 fully saturated rings. The molecule has 0 radical (unpaired) electrons. The highest BCUT2D eigenvalue weighted by atomic mass is 32.1. The van der Waals surface area contributed by atoms with Gasteiger partial charge in [0.25, 0.3) is 0 Å². The van der Waals surface area contributed by atoms with E-state index in [0.29, 0.717) is 11.0 Å². The van der Waals surface area contributed by atoms with Crippen molar-refractivity contribution in [2.75, 3.05) is 11.9 Å². The first-order chi connectivity index (χ1) is 8.07. The van der Waals surface area contributed by atoms with Crippen LogP contribution in [-0.4, -0.2) is 27.9 Å². The Kier molecular flexibility index (Phi) is 4.05. The Morgan fingerprint density at radius 2 is 1.94 bits per heavy atom. The number of rotatable bonds is 3. The van der Waals surface area contributed by atoms with Crippen LogP contribution in [0, 0.1) is 12.3 Å². The molecule has 4 nitrogen and oxygen atoms in total. The predicted molar refractivity (Wildman–Crippen MR) is 81.2 cm³/mol. The molecule has 2 N–H and O–H groups in total. The minimum atomic E-state index is 0.167. The number of aromatic nitrogens is 2. The first-order valence-electron chi connectivity index (χ1n) is 6.13. The van der Waals surface area contributed by atoms with Crippen LogP contribution in [0.1, 0.15) is 39.0 Å². The Bertz CT molecular complexity index is 456. The molecule has 0 amide bonds. The van der Waals surface area contributed by atoms with Gasteiger partial charge in [0.2, 0.25) is 0 Å². The average molecular weight is 268 g/mol. The average Bonchev–Trinajstić information content (AvgIpc) is 2.49. The van der Waals surface area contributed by atoms with Crippen molar-refractivity contribution < 1.29 is 0 Å². The Labute approximate surface area is 115 Å². The Balaban J connectivity index is 3.29. The standard InChI is InChI=1S/C13H24N4S/c1-8-10(11(14)18)12(17(7)15-8)16(6)9(2)13(3,4)5/h9H,1-7H3,(H2,14,18). The lowest BCUT2D eigenvalue weighted by atomic mass is 9.87. The van der Waals surface area contributed by atoms with Crippen LogP contribution in [0.15, 0.2) is 0 Å². The molecule has 18 heavy (non-hydrogen) atoms. The maximum Gasteiger partial charge on any atom is 0.137 e. The topological polar surface area (TPSA) is 47.1 Å². The highest BCUT2D eigenvalue weighted by molar-refractivity contribution is 7.80. The van der Waals surface area contributed by atoms with Crippen molar-refractivity contribution in [3.05, 3.63) is 11.3 Å². The SMILES string of the molecule is Cc1nn(C)c(N(C)C(C)C(C)(C)C)c1C(N)=S. The fraction of sp³-hybridized carbons (Fsp3) is 0.692. The van der Waals surface area contributed by atoms with E-state index >= 15 is 0 Å². The summed E-state index contributed by atoms with van der Waals surface area (Å²) in [5.74, 6) is 0.988. The summed E-state index contributed by atoms with van der Waals surface area (Å²) in [6, 6.07) is 0.348. The molecule has 0 aliphatic rings. The van der Waals surface area contributed by atoms with Gasteiger partial charge in [-0.3, -0.25) is 4.68 Å². The molecule has 0 aromatic carbocycles. The lowest BCUT2D eigenvalue weighted by Gasteiger charge is -2.37. The van der Waals surface area contributed by atoms with Gasteiger partial charge >= 0.3 is 0 Å². The van der Waals surface area contributed by atoms with Crippen LogP contribution in [0.2, 0.25) is 0 Å². The van der Waals surface area contributed by atoms with E-state index < -0.39 is 0 Å². The Morgan fingerprint density at radius 3 is 2.33 bits per heavy atom. The number of nitrogens with zero attached hydrogens (tertiary/aromatic N) is 3. The second-order valence-corrected chi connectivity index (χ2v) is 6.36. The summed E-state index contributed by atoms with van der Waals surface area (Å²) in [6.07, 6.45) is 0. The van der Waals surface area contributed by atoms with Crippen LogP contribution in [-0.2, 0) is 7.05 Å². The smallest absolute Gasteiger partial charge is 0.137 e. The van der Waals surface area contributed by atoms with Crippen molar-refractivity contribution in [3.8, 4) is 0 Å². The summed E-state index contributed by atoms with van der Waals surface area (Å²) in [5, 5.41) is 4.43. The molecule has 0 spiro atoms. The van der Waals surface area contributed by atoms with Crippen molar-refractivity contribution >= 4 is 23.0 Å². The molecule has 1 unspecified atom stereocenters. The molecule has 1 heterocycles. The van der Waals surface area contributed by atoms with Crippen LogP contribution in [0.5, 0.6) is 0 Å². The van der Waals surface area contributed by atoms with E-state index in [1.807, 2.05) is 18.7 Å². The van der Waals surface area contributed by atoms with Crippen molar-refractivity contribution in [3.63, 3.8) is 0 Å². The predicted octanol–water partition coefficient (Wildman–Crippen LogP) is 2.23. The fourth-order valence-corrected chi connectivity index (χ4v) is 2.34. The number of nitrogens with two attached hydrogens (primary N) is 1. The number of anilines is 1. The van der Waals surface area contributed by atoms with Crippen LogP contribution in [0.3, 0.4) is 0 Å². The summed E-state index contributed by atoms with van der Waals surface area (Å²) in [7, 11) is 3.99. The van der Waals surface area contributed by atoms with Crippen LogP contribution in [0.25, 0.3) is 0 Å². The number of thiocarbonyl (C=S) groups is 1. The van der Waals surface area contributed by atoms with Crippen molar-refractivity contribution in [1.29, 1.82) is 0 Å². The van der Waals surface area contributed by atoms with E-state index in [0.717, 1.165) is 17.1 Å². The van der Waals surface area contributed by atoms with Gasteiger partial charge in [-0.15, -0.1) is 0 Å². The van der Waals surface area contributed by atoms with E-state index in [1.165, 1.54) is 0 Å². The molecular formula is C13H24N4S. The van der Waals surface area contributed by atoms with Gasteiger partial charge in [0.1, 0.15) is 10.8 Å². The van der Waals surface area contributed by atoms with Gasteiger partial charge in [-0.25, -0.2) is 0 Å². The quantitative estimate of drug-likeness (QED) is 0.854. The summed E-state index contributed by atoms with van der Waals surface area (Å²) in [6.45, 7) is 10.8. The van der Waals surface area contributed by atoms with Crippen molar-refractivity contribution in [1.82, 2.24) is 9.78 Å². The third-order valence-corrected chi connectivity index (χ3v) is 3.81. The van der Waals surface area contributed by atoms with E-state index in [4.69, 9.17) is 18.0 Å². The fourth-order valence-electron chi connectivity index (χ4n) is 2.10. The van der Waals surface area contributed by atoms with Crippen molar-refractivity contribution in [2.45, 2.75) is 40.7 Å². The normalized spacial score (nSPS) is 13.5. The summed E-state index contributed by atoms with van der Waals surface area (Å²) < 4.78 is 1.85. The summed E-state index contributed by atoms with van der Waals surface area (Å²) >= 11 is 5.15. The maximum atomic E-state index is 5.83. The van der Waals surface area contributed by atoms with Gasteiger partial charge in [0.05, 0.1) is 11.3 Å². The van der Waals surface area contributed by atoms with Crippen LogP contribution in [0.4, 0.5) is 5.82 Å². The number of hydrogen-bond donors (Lipinski definition) is 1. The van der Waals surface area contributed by atoms with Gasteiger partial charge in [-0.1, -0.05) is 33.0 Å². The highest BCUT2D eigenvalue weighted by Gasteiger charge is 2.28. The first-order valence-corrected chi connectivity index (χ1v) is 6.54. The molecule has 1 aromatic rings. The highest BCUT2D eigenvalue weighted by Crippen LogP contribution is 2.30. The molecule has 0 saturated heterocycles. The largest absolute Gasteiger partial charge is 0.389 e. The molecule has 0 bridgehead atoms. The minimum Gasteiger partial charge on any atom is -0.389 e. The van der Waals surface area contributed by atoms with Crippen LogP contribution >= 0.6 is 12.2 Å². The van der Waals surface area contributed by atoms with Gasteiger partial charge in [-0.2, -0.15) is 5.10 Å². The van der Waals surface area contributed by atoms with Gasteiger partial charge in [-0.05, 0) is 19.3 Å². The molecule has 102 valence electrons. The van der Waals surface area contributed by atoms with Crippen molar-refractivity contribution in [2.24, 2.45) is 18.2 Å². The lowest BCUT2D eigenvalue weighted by Crippen LogP contribution is -2.41. The summed E-state index contributed by atoms with van der Waals surface area (Å²) in [5.41, 5.74) is 7.76. The molecule has 1 atom stereocenters. The van der Waals surface area contributed by atoms with Gasteiger partial charge in [0.15, 0.2) is 0 Å². The molecule has 1 rings (SSSR count). The third-order valence-electron chi connectivity index (χ3n) is 3.61. The summed E-state index contributed by atoms with van der Waals surface area (Å²) in [4.78, 5) is 2.61. The van der Waals surface area contributed by atoms with E-state index in [-0.39, 0.29) is 5.41 Å². The third kappa shape index (κ3) is 2.66. The van der Waals surface area contributed by atoms with Gasteiger partial charge < -0.3 is 10.6 Å². The number of hydrogen-bond acceptors (Lipinski definition) is 3. The zero-order valence-electron chi connectivity index (χ0n) is 12.4. The number of aryl methyl sites for hydroxylation is 2. The second kappa shape index (κ2) is 4.88. The van der Waals surface area contributed by atoms with Crippen LogP contribution < -0.4 is 10.6 Å². The van der Waals surface area contributed by atoms with E-state index in [9.17, 15) is 0 Å². The van der Waals surface area contributed by atoms with E-state index in [2.05, 4.69) is 44.7 Å².